The van der Waals surface area contributed by atoms with Gasteiger partial charge < -0.3 is 4.74 Å². The SMILES string of the molecule is O=C1NC2(Oc3ccccc3C3CC(c4ccccc4)=NN32)/C(=C/c2cccc(Cl)c2Cl)S1. The van der Waals surface area contributed by atoms with E-state index in [-0.39, 0.29) is 11.3 Å². The number of carbonyl (C=O) groups is 1. The van der Waals surface area contributed by atoms with Crippen LogP contribution in [0.1, 0.15) is 29.2 Å². The summed E-state index contributed by atoms with van der Waals surface area (Å²) < 4.78 is 6.53. The maximum absolute atomic E-state index is 12.7. The first kappa shape index (κ1) is 20.7. The largest absolute Gasteiger partial charge is 0.444 e. The van der Waals surface area contributed by atoms with Gasteiger partial charge in [0.15, 0.2) is 0 Å². The molecule has 0 saturated carbocycles. The van der Waals surface area contributed by atoms with Crippen molar-refractivity contribution in [3.8, 4) is 5.75 Å². The number of halogens is 2. The fraction of sp³-hybridized carbons (Fsp3) is 0.120. The Morgan fingerprint density at radius 2 is 1.85 bits per heavy atom. The second kappa shape index (κ2) is 7.83. The molecule has 8 heteroatoms. The molecule has 6 rings (SSSR count). The Bertz CT molecular complexity index is 1340. The highest BCUT2D eigenvalue weighted by Crippen LogP contribution is 2.53. The molecule has 3 aromatic carbocycles. The number of carbonyl (C=O) groups excluding carboxylic acids is 1. The van der Waals surface area contributed by atoms with Crippen molar-refractivity contribution in [1.82, 2.24) is 10.3 Å². The molecule has 33 heavy (non-hydrogen) atoms. The van der Waals surface area contributed by atoms with E-state index < -0.39 is 5.85 Å². The molecule has 0 radical (unpaired) electrons. The first-order valence-corrected chi connectivity index (χ1v) is 12.0. The van der Waals surface area contributed by atoms with Gasteiger partial charge in [0.2, 0.25) is 0 Å². The van der Waals surface area contributed by atoms with E-state index in [9.17, 15) is 4.79 Å². The lowest BCUT2D eigenvalue weighted by molar-refractivity contribution is -0.0949. The molecule has 0 aromatic heterocycles. The normalized spacial score (nSPS) is 24.4. The van der Waals surface area contributed by atoms with Gasteiger partial charge in [0.05, 0.1) is 26.7 Å². The highest BCUT2D eigenvalue weighted by atomic mass is 35.5. The van der Waals surface area contributed by atoms with E-state index in [0.29, 0.717) is 32.7 Å². The maximum atomic E-state index is 12.7. The number of nitrogens with zero attached hydrogens (tertiary/aromatic N) is 2. The zero-order valence-corrected chi connectivity index (χ0v) is 19.5. The standard InChI is InChI=1S/C25H17Cl2N3O2S/c26-18-11-6-9-16(23(18)27)13-22-25(28-24(31)33-22)30-20(17-10-4-5-12-21(17)32-25)14-19(29-30)15-7-2-1-3-8-15/h1-13,20H,14H2,(H,28,31)/b22-13-. The lowest BCUT2D eigenvalue weighted by atomic mass is 9.95. The van der Waals surface area contributed by atoms with Crippen LogP contribution in [0.4, 0.5) is 4.79 Å². The monoisotopic (exact) mass is 493 g/mol. The fourth-order valence-corrected chi connectivity index (χ4v) is 5.71. The van der Waals surface area contributed by atoms with Gasteiger partial charge in [-0.25, -0.2) is 5.01 Å². The smallest absolute Gasteiger partial charge is 0.314 e. The summed E-state index contributed by atoms with van der Waals surface area (Å²) >= 11 is 13.8. The minimum Gasteiger partial charge on any atom is -0.444 e. The van der Waals surface area contributed by atoms with E-state index in [0.717, 1.165) is 28.6 Å². The average Bonchev–Trinajstić information content (AvgIpc) is 3.40. The molecule has 3 aromatic rings. The van der Waals surface area contributed by atoms with Crippen molar-refractivity contribution in [3.05, 3.63) is 104 Å². The van der Waals surface area contributed by atoms with Crippen molar-refractivity contribution in [1.29, 1.82) is 0 Å². The fourth-order valence-electron chi connectivity index (χ4n) is 4.44. The van der Waals surface area contributed by atoms with Crippen LogP contribution in [0.2, 0.25) is 10.0 Å². The Kier molecular flexibility index (Phi) is 4.91. The number of para-hydroxylation sites is 1. The van der Waals surface area contributed by atoms with Crippen molar-refractivity contribution >= 4 is 52.0 Å². The molecular weight excluding hydrogens is 477 g/mol. The Hall–Kier alpha value is -2.93. The van der Waals surface area contributed by atoms with E-state index in [4.69, 9.17) is 33.0 Å². The summed E-state index contributed by atoms with van der Waals surface area (Å²) in [6, 6.07) is 23.3. The predicted molar refractivity (Wildman–Crippen MR) is 133 cm³/mol. The second-order valence-corrected chi connectivity index (χ2v) is 9.73. The molecular formula is C25H17Cl2N3O2S. The van der Waals surface area contributed by atoms with Crippen LogP contribution < -0.4 is 10.1 Å². The zero-order chi connectivity index (χ0) is 22.6. The van der Waals surface area contributed by atoms with Gasteiger partial charge >= 0.3 is 5.85 Å². The van der Waals surface area contributed by atoms with Crippen LogP contribution in [0, 0.1) is 0 Å². The van der Waals surface area contributed by atoms with Gasteiger partial charge in [0.25, 0.3) is 5.24 Å². The van der Waals surface area contributed by atoms with Crippen molar-refractivity contribution in [2.45, 2.75) is 18.3 Å². The average molecular weight is 494 g/mol. The van der Waals surface area contributed by atoms with Gasteiger partial charge in [-0.2, -0.15) is 5.10 Å². The molecule has 0 bridgehead atoms. The topological polar surface area (TPSA) is 53.9 Å². The number of rotatable bonds is 2. The molecule has 1 N–H and O–H groups in total. The summed E-state index contributed by atoms with van der Waals surface area (Å²) in [7, 11) is 0. The molecule has 1 amide bonds. The number of ether oxygens (including phenoxy) is 1. The molecule has 5 nitrogen and oxygen atoms in total. The summed E-state index contributed by atoms with van der Waals surface area (Å²) in [4.78, 5) is 13.4. The first-order chi connectivity index (χ1) is 16.0. The van der Waals surface area contributed by atoms with Crippen molar-refractivity contribution in [2.24, 2.45) is 5.10 Å². The maximum Gasteiger partial charge on any atom is 0.314 e. The van der Waals surface area contributed by atoms with Crippen LogP contribution in [-0.2, 0) is 0 Å². The summed E-state index contributed by atoms with van der Waals surface area (Å²) in [5.74, 6) is -0.558. The lowest BCUT2D eigenvalue weighted by Gasteiger charge is -2.45. The third-order valence-corrected chi connectivity index (χ3v) is 7.69. The molecule has 3 aliphatic heterocycles. The molecule has 0 aliphatic carbocycles. The van der Waals surface area contributed by atoms with Gasteiger partial charge in [0.1, 0.15) is 5.75 Å². The zero-order valence-electron chi connectivity index (χ0n) is 17.2. The number of fused-ring (bicyclic) bond motifs is 4. The number of amides is 1. The summed E-state index contributed by atoms with van der Waals surface area (Å²) in [5.41, 5.74) is 3.71. The van der Waals surface area contributed by atoms with Crippen LogP contribution >= 0.6 is 35.0 Å². The van der Waals surface area contributed by atoms with Crippen molar-refractivity contribution in [2.75, 3.05) is 0 Å². The summed E-state index contributed by atoms with van der Waals surface area (Å²) in [5, 5.41) is 10.5. The first-order valence-electron chi connectivity index (χ1n) is 10.4. The molecule has 164 valence electrons. The third-order valence-electron chi connectivity index (χ3n) is 5.95. The molecule has 1 saturated heterocycles. The number of hydrogen-bond acceptors (Lipinski definition) is 5. The van der Waals surface area contributed by atoms with Gasteiger partial charge in [-0.3, -0.25) is 10.1 Å². The molecule has 3 aliphatic rings. The highest BCUT2D eigenvalue weighted by Gasteiger charge is 2.58. The minimum absolute atomic E-state index is 0.0950. The molecule has 2 unspecified atom stereocenters. The summed E-state index contributed by atoms with van der Waals surface area (Å²) in [6.07, 6.45) is 2.54. The third kappa shape index (κ3) is 3.32. The Morgan fingerprint density at radius 3 is 2.70 bits per heavy atom. The second-order valence-electron chi connectivity index (χ2n) is 7.93. The molecule has 2 atom stereocenters. The highest BCUT2D eigenvalue weighted by molar-refractivity contribution is 8.17. The minimum atomic E-state index is -1.27. The predicted octanol–water partition coefficient (Wildman–Crippen LogP) is 6.69. The van der Waals surface area contributed by atoms with Crippen LogP contribution in [0.3, 0.4) is 0 Å². The van der Waals surface area contributed by atoms with Crippen molar-refractivity contribution < 1.29 is 9.53 Å². The number of nitrogens with one attached hydrogen (secondary N) is 1. The lowest BCUT2D eigenvalue weighted by Crippen LogP contribution is -2.61. The molecule has 3 heterocycles. The van der Waals surface area contributed by atoms with Crippen LogP contribution in [-0.4, -0.2) is 21.8 Å². The van der Waals surface area contributed by atoms with E-state index in [1.807, 2.05) is 77.8 Å². The Labute approximate surface area is 205 Å². The molecule has 1 fully saturated rings. The van der Waals surface area contributed by atoms with Gasteiger partial charge in [-0.1, -0.05) is 83.9 Å². The Morgan fingerprint density at radius 1 is 1.06 bits per heavy atom. The number of benzene rings is 3. The van der Waals surface area contributed by atoms with E-state index in [2.05, 4.69) is 5.32 Å². The van der Waals surface area contributed by atoms with E-state index in [1.54, 1.807) is 6.07 Å². The van der Waals surface area contributed by atoms with Gasteiger partial charge in [-0.15, -0.1) is 0 Å². The Balaban J connectivity index is 1.53. The van der Waals surface area contributed by atoms with Crippen LogP contribution in [0.25, 0.3) is 6.08 Å². The number of hydrogen-bond donors (Lipinski definition) is 1. The van der Waals surface area contributed by atoms with Gasteiger partial charge in [-0.05, 0) is 41.1 Å². The van der Waals surface area contributed by atoms with Crippen molar-refractivity contribution in [3.63, 3.8) is 0 Å². The van der Waals surface area contributed by atoms with E-state index >= 15 is 0 Å². The summed E-state index contributed by atoms with van der Waals surface area (Å²) in [6.45, 7) is 0. The van der Waals surface area contributed by atoms with E-state index in [1.165, 1.54) is 0 Å². The quantitative estimate of drug-likeness (QED) is 0.432. The van der Waals surface area contributed by atoms with Crippen LogP contribution in [0.15, 0.2) is 82.8 Å². The van der Waals surface area contributed by atoms with Gasteiger partial charge in [0, 0.05) is 12.0 Å². The molecule has 1 spiro atoms. The number of hydrazone groups is 1. The number of thioether (sulfide) groups is 1. The van der Waals surface area contributed by atoms with Crippen LogP contribution in [0.5, 0.6) is 5.75 Å².